The van der Waals surface area contributed by atoms with Crippen molar-refractivity contribution in [3.63, 3.8) is 0 Å². The minimum Gasteiger partial charge on any atom is -0.480 e. The van der Waals surface area contributed by atoms with E-state index in [0.717, 1.165) is 29.3 Å². The molecule has 0 saturated heterocycles. The van der Waals surface area contributed by atoms with Crippen molar-refractivity contribution in [1.29, 1.82) is 0 Å². The van der Waals surface area contributed by atoms with Crippen LogP contribution in [0.25, 0.3) is 10.9 Å². The molecule has 9 atom stereocenters. The maximum absolute atomic E-state index is 13.6. The van der Waals surface area contributed by atoms with Gasteiger partial charge in [0.2, 0.25) is 17.6 Å². The summed E-state index contributed by atoms with van der Waals surface area (Å²) in [5.74, 6) is -3.96. The number of aliphatic carboxylic acids is 1. The largest absolute Gasteiger partial charge is 0.480 e. The van der Waals surface area contributed by atoms with Gasteiger partial charge in [0.1, 0.15) is 17.7 Å². The number of aromatic amines is 1. The predicted molar refractivity (Wildman–Crippen MR) is 187 cm³/mol. The van der Waals surface area contributed by atoms with Gasteiger partial charge >= 0.3 is 11.9 Å². The molecule has 2 amide bonds. The van der Waals surface area contributed by atoms with Gasteiger partial charge in [-0.1, -0.05) is 37.6 Å². The Morgan fingerprint density at radius 2 is 1.79 bits per heavy atom. The molecule has 2 aromatic rings. The number of para-hydroxylation sites is 1. The summed E-state index contributed by atoms with van der Waals surface area (Å²) in [7, 11) is 0. The summed E-state index contributed by atoms with van der Waals surface area (Å²) in [4.78, 5) is 78.7. The average Bonchev–Trinajstić information content (AvgIpc) is 3.63. The van der Waals surface area contributed by atoms with E-state index in [1.165, 1.54) is 6.92 Å². The number of H-pyrrole nitrogens is 1. The molecule has 3 fully saturated rings. The fourth-order valence-corrected chi connectivity index (χ4v) is 10.1. The topological polar surface area (TPSA) is 212 Å². The lowest BCUT2D eigenvalue weighted by Crippen LogP contribution is -2.62. The molecule has 13 heteroatoms. The molecule has 0 spiro atoms. The summed E-state index contributed by atoms with van der Waals surface area (Å²) >= 11 is 0. The van der Waals surface area contributed by atoms with Crippen LogP contribution >= 0.6 is 0 Å². The van der Waals surface area contributed by atoms with Gasteiger partial charge in [-0.05, 0) is 86.3 Å². The van der Waals surface area contributed by atoms with E-state index in [9.17, 15) is 44.1 Å². The zero-order valence-electron chi connectivity index (χ0n) is 29.9. The van der Waals surface area contributed by atoms with E-state index >= 15 is 0 Å². The van der Waals surface area contributed by atoms with Gasteiger partial charge in [0.25, 0.3) is 0 Å². The lowest BCUT2D eigenvalue weighted by atomic mass is 9.45. The van der Waals surface area contributed by atoms with Gasteiger partial charge in [0.15, 0.2) is 12.4 Å². The van der Waals surface area contributed by atoms with Gasteiger partial charge in [-0.15, -0.1) is 0 Å². The van der Waals surface area contributed by atoms with Crippen molar-refractivity contribution < 1.29 is 48.8 Å². The number of carbonyl (C=O) groups excluding carboxylic acids is 5. The first kappa shape index (κ1) is 37.4. The monoisotopic (exact) mass is 719 g/mol. The second-order valence-electron chi connectivity index (χ2n) is 15.8. The summed E-state index contributed by atoms with van der Waals surface area (Å²) in [6.45, 7) is 4.71. The highest BCUT2D eigenvalue weighted by atomic mass is 16.5. The maximum atomic E-state index is 13.6. The average molecular weight is 720 g/mol. The number of rotatable bonds is 12. The molecule has 6 rings (SSSR count). The number of aromatic nitrogens is 1. The molecule has 6 N–H and O–H groups in total. The minimum absolute atomic E-state index is 0.0218. The fourth-order valence-electron chi connectivity index (χ4n) is 10.1. The quantitative estimate of drug-likeness (QED) is 0.177. The standard InChI is InChI=1S/C39H49N3O10/c1-21(35(48)42-29(36(49)50)16-22-19-40-28-7-5-4-6-25(22)28)41-32(46)10-11-33(47)52-20-31(45)39(51)15-13-27-26-9-8-23-17-24(43)12-14-37(23,2)34(26)30(44)18-38(27,39)3/h4-7,17,19,21,26-27,29-30,34,40,44,51H,8-16,18,20H2,1-3H3,(H,41,46)(H,42,48)(H,49,50)/t21-,26+,27+,29-,30+,34-,37+,38+,39+/m1/s1. The summed E-state index contributed by atoms with van der Waals surface area (Å²) < 4.78 is 5.22. The van der Waals surface area contributed by atoms with Crippen LogP contribution < -0.4 is 10.6 Å². The van der Waals surface area contributed by atoms with E-state index in [-0.39, 0.29) is 61.1 Å². The number of Topliss-reactive ketones (excluding diaryl/α,β-unsaturated/α-hetero) is 1. The van der Waals surface area contributed by atoms with Gasteiger partial charge in [0, 0.05) is 41.8 Å². The van der Waals surface area contributed by atoms with Crippen molar-refractivity contribution in [2.75, 3.05) is 6.61 Å². The van der Waals surface area contributed by atoms with Crippen LogP contribution in [0.5, 0.6) is 0 Å². The Balaban J connectivity index is 0.978. The molecule has 0 radical (unpaired) electrons. The van der Waals surface area contributed by atoms with Crippen LogP contribution in [0.2, 0.25) is 0 Å². The van der Waals surface area contributed by atoms with E-state index in [0.29, 0.717) is 24.8 Å². The summed E-state index contributed by atoms with van der Waals surface area (Å²) in [5, 5.41) is 39.0. The number of ketones is 2. The normalized spacial score (nSPS) is 32.0. The zero-order chi connectivity index (χ0) is 37.6. The Morgan fingerprint density at radius 1 is 1.04 bits per heavy atom. The molecule has 280 valence electrons. The molecule has 4 aliphatic rings. The van der Waals surface area contributed by atoms with Gasteiger partial charge < -0.3 is 35.7 Å². The SMILES string of the molecule is C[C@@H](NC(=O)CCC(=O)OCC(=O)[C@@]1(O)CC[C@H]2[C@@H]3CCC4=CC(=O)CC[C@]4(C)[C@H]3[C@@H](O)C[C@@]21C)C(=O)N[C@H](Cc1c[nH]c2ccccc12)C(=O)O. The Morgan fingerprint density at radius 3 is 2.54 bits per heavy atom. The highest BCUT2D eigenvalue weighted by Gasteiger charge is 2.68. The lowest BCUT2D eigenvalue weighted by Gasteiger charge is -2.60. The molecular formula is C39H49N3O10. The van der Waals surface area contributed by atoms with Crippen molar-refractivity contribution in [1.82, 2.24) is 15.6 Å². The number of nitrogens with one attached hydrogen (secondary N) is 3. The first-order valence-corrected chi connectivity index (χ1v) is 18.3. The Kier molecular flexibility index (Phi) is 10.2. The third kappa shape index (κ3) is 6.68. The summed E-state index contributed by atoms with van der Waals surface area (Å²) in [5.41, 5.74) is -0.382. The van der Waals surface area contributed by atoms with Crippen LogP contribution in [0.3, 0.4) is 0 Å². The summed E-state index contributed by atoms with van der Waals surface area (Å²) in [6.07, 6.45) is 5.61. The van der Waals surface area contributed by atoms with E-state index in [2.05, 4.69) is 22.5 Å². The van der Waals surface area contributed by atoms with Gasteiger partial charge in [-0.25, -0.2) is 4.79 Å². The fraction of sp³-hybridized carbons (Fsp3) is 0.590. The van der Waals surface area contributed by atoms with E-state index in [1.54, 1.807) is 12.3 Å². The number of ether oxygens (including phenoxy) is 1. The van der Waals surface area contributed by atoms with E-state index in [4.69, 9.17) is 4.74 Å². The maximum Gasteiger partial charge on any atom is 0.326 e. The van der Waals surface area contributed by atoms with Crippen LogP contribution in [0.4, 0.5) is 0 Å². The molecular weight excluding hydrogens is 670 g/mol. The highest BCUT2D eigenvalue weighted by molar-refractivity contribution is 5.93. The molecule has 52 heavy (non-hydrogen) atoms. The Bertz CT molecular complexity index is 1820. The number of hydrogen-bond acceptors (Lipinski definition) is 9. The number of aliphatic hydroxyl groups excluding tert-OH is 1. The van der Waals surface area contributed by atoms with Crippen LogP contribution in [-0.4, -0.2) is 86.0 Å². The molecule has 13 nitrogen and oxygen atoms in total. The Hall–Kier alpha value is -4.36. The smallest absolute Gasteiger partial charge is 0.326 e. The first-order valence-electron chi connectivity index (χ1n) is 18.3. The van der Waals surface area contributed by atoms with Crippen LogP contribution in [0.15, 0.2) is 42.1 Å². The summed E-state index contributed by atoms with van der Waals surface area (Å²) in [6, 6.07) is 5.04. The third-order valence-electron chi connectivity index (χ3n) is 12.9. The van der Waals surface area contributed by atoms with Gasteiger partial charge in [-0.3, -0.25) is 24.0 Å². The second kappa shape index (κ2) is 14.2. The molecule has 1 aromatic heterocycles. The minimum atomic E-state index is -1.80. The number of carboxylic acids is 1. The molecule has 1 heterocycles. The van der Waals surface area contributed by atoms with Crippen molar-refractivity contribution in [3.05, 3.63) is 47.7 Å². The molecule has 1 aromatic carbocycles. The first-order chi connectivity index (χ1) is 24.6. The number of carboxylic acid groups (broad SMARTS) is 1. The number of aliphatic hydroxyl groups is 2. The van der Waals surface area contributed by atoms with Crippen LogP contribution in [0, 0.1) is 28.6 Å². The molecule has 0 bridgehead atoms. The molecule has 0 aliphatic heterocycles. The van der Waals surface area contributed by atoms with Crippen molar-refractivity contribution in [2.45, 2.75) is 109 Å². The number of hydrogen-bond donors (Lipinski definition) is 6. The highest BCUT2D eigenvalue weighted by Crippen LogP contribution is 2.67. The molecule has 3 saturated carbocycles. The van der Waals surface area contributed by atoms with Crippen molar-refractivity contribution in [3.8, 4) is 0 Å². The van der Waals surface area contributed by atoms with Crippen molar-refractivity contribution >= 4 is 46.2 Å². The predicted octanol–water partition coefficient (Wildman–Crippen LogP) is 2.91. The lowest BCUT2D eigenvalue weighted by molar-refractivity contribution is -0.184. The second-order valence-corrected chi connectivity index (χ2v) is 15.8. The van der Waals surface area contributed by atoms with Crippen LogP contribution in [0.1, 0.15) is 84.1 Å². The van der Waals surface area contributed by atoms with Crippen molar-refractivity contribution in [2.24, 2.45) is 28.6 Å². The molecule has 4 aliphatic carbocycles. The van der Waals surface area contributed by atoms with Crippen LogP contribution in [-0.2, 0) is 39.9 Å². The molecule has 0 unspecified atom stereocenters. The van der Waals surface area contributed by atoms with Gasteiger partial charge in [0.05, 0.1) is 12.5 Å². The number of benzene rings is 1. The number of carbonyl (C=O) groups is 6. The van der Waals surface area contributed by atoms with E-state index < -0.39 is 65.3 Å². The van der Waals surface area contributed by atoms with Gasteiger partial charge in [-0.2, -0.15) is 0 Å². The van der Waals surface area contributed by atoms with E-state index in [1.807, 2.05) is 31.2 Å². The number of amides is 2. The Labute approximate surface area is 301 Å². The number of allylic oxidation sites excluding steroid dienone is 1. The number of esters is 1. The zero-order valence-corrected chi connectivity index (χ0v) is 29.9. The number of fused-ring (bicyclic) bond motifs is 6. The third-order valence-corrected chi connectivity index (χ3v) is 12.9.